The molecule has 4 aromatic rings. The lowest BCUT2D eigenvalue weighted by molar-refractivity contribution is 0.0984. The number of halogens is 3. The van der Waals surface area contributed by atoms with E-state index < -0.39 is 23.4 Å². The standard InChI is InChI=1S/C20H12F3N3OS/c21-14-8-7-12(10-16(14)23)19(27)26(11-13-4-1-2-9-24-13)20-25-18-15(22)5-3-6-17(18)28-20/h1-10H,11H2. The molecular weight excluding hydrogens is 387 g/mol. The molecule has 4 rings (SSSR count). The van der Waals surface area contributed by atoms with Crippen LogP contribution in [0.15, 0.2) is 60.8 Å². The van der Waals surface area contributed by atoms with Gasteiger partial charge in [0.2, 0.25) is 0 Å². The van der Waals surface area contributed by atoms with Crippen LogP contribution in [0.5, 0.6) is 0 Å². The number of benzene rings is 2. The first-order valence-electron chi connectivity index (χ1n) is 8.25. The number of fused-ring (bicyclic) bond motifs is 1. The summed E-state index contributed by atoms with van der Waals surface area (Å²) in [5, 5.41) is 0.237. The zero-order chi connectivity index (χ0) is 19.7. The molecule has 0 spiro atoms. The number of carbonyl (C=O) groups excluding carboxylic acids is 1. The zero-order valence-corrected chi connectivity index (χ0v) is 15.1. The molecule has 0 aliphatic rings. The normalized spacial score (nSPS) is 11.0. The summed E-state index contributed by atoms with van der Waals surface area (Å²) in [6.45, 7) is 0.0418. The Hall–Kier alpha value is -3.26. The van der Waals surface area contributed by atoms with Crippen molar-refractivity contribution in [2.24, 2.45) is 0 Å². The van der Waals surface area contributed by atoms with Crippen LogP contribution in [0.4, 0.5) is 18.3 Å². The van der Waals surface area contributed by atoms with Gasteiger partial charge in [-0.2, -0.15) is 0 Å². The van der Waals surface area contributed by atoms with Crippen LogP contribution in [0.3, 0.4) is 0 Å². The Morgan fingerprint density at radius 1 is 0.964 bits per heavy atom. The Balaban J connectivity index is 1.79. The summed E-state index contributed by atoms with van der Waals surface area (Å²) in [4.78, 5) is 22.8. The number of thiazole rings is 1. The number of carbonyl (C=O) groups is 1. The van der Waals surface area contributed by atoms with Gasteiger partial charge in [-0.05, 0) is 42.5 Å². The van der Waals surface area contributed by atoms with Crippen LogP contribution in [0, 0.1) is 17.5 Å². The van der Waals surface area contributed by atoms with E-state index in [-0.39, 0.29) is 22.8 Å². The Bertz CT molecular complexity index is 1160. The summed E-state index contributed by atoms with van der Waals surface area (Å²) in [7, 11) is 0. The lowest BCUT2D eigenvalue weighted by Gasteiger charge is -2.19. The second-order valence-corrected chi connectivity index (χ2v) is 6.93. The molecule has 0 unspecified atom stereocenters. The highest BCUT2D eigenvalue weighted by Crippen LogP contribution is 2.32. The predicted molar refractivity (Wildman–Crippen MR) is 101 cm³/mol. The van der Waals surface area contributed by atoms with E-state index in [1.807, 2.05) is 0 Å². The van der Waals surface area contributed by atoms with Crippen molar-refractivity contribution in [2.75, 3.05) is 4.90 Å². The van der Waals surface area contributed by atoms with Crippen molar-refractivity contribution in [3.05, 3.63) is 89.5 Å². The maximum atomic E-state index is 14.0. The third-order valence-corrected chi connectivity index (χ3v) is 5.09. The molecule has 28 heavy (non-hydrogen) atoms. The Kier molecular flexibility index (Phi) is 4.79. The van der Waals surface area contributed by atoms with E-state index in [1.54, 1.807) is 36.5 Å². The van der Waals surface area contributed by atoms with E-state index in [9.17, 15) is 18.0 Å². The molecule has 0 bridgehead atoms. The van der Waals surface area contributed by atoms with Crippen LogP contribution in [-0.2, 0) is 6.54 Å². The van der Waals surface area contributed by atoms with Gasteiger partial charge in [0.15, 0.2) is 16.8 Å². The fraction of sp³-hybridized carbons (Fsp3) is 0.0500. The summed E-state index contributed by atoms with van der Waals surface area (Å²) in [5.41, 5.74) is 0.666. The van der Waals surface area contributed by atoms with Gasteiger partial charge in [0.05, 0.1) is 16.9 Å². The van der Waals surface area contributed by atoms with Crippen molar-refractivity contribution < 1.29 is 18.0 Å². The molecule has 0 fully saturated rings. The fourth-order valence-electron chi connectivity index (χ4n) is 2.68. The molecule has 0 radical (unpaired) electrons. The van der Waals surface area contributed by atoms with Gasteiger partial charge in [-0.15, -0.1) is 0 Å². The second-order valence-electron chi connectivity index (χ2n) is 5.92. The maximum absolute atomic E-state index is 14.0. The molecular formula is C20H12F3N3OS. The minimum Gasteiger partial charge on any atom is -0.278 e. The van der Waals surface area contributed by atoms with Crippen LogP contribution in [0.2, 0.25) is 0 Å². The van der Waals surface area contributed by atoms with Crippen molar-refractivity contribution in [1.82, 2.24) is 9.97 Å². The third kappa shape index (κ3) is 3.46. The first-order chi connectivity index (χ1) is 13.5. The number of para-hydroxylation sites is 1. The van der Waals surface area contributed by atoms with E-state index in [1.165, 1.54) is 17.0 Å². The number of nitrogens with zero attached hydrogens (tertiary/aromatic N) is 3. The summed E-state index contributed by atoms with van der Waals surface area (Å²) >= 11 is 1.13. The predicted octanol–water partition coefficient (Wildman–Crippen LogP) is 4.96. The van der Waals surface area contributed by atoms with Crippen LogP contribution in [0.1, 0.15) is 16.1 Å². The number of rotatable bonds is 4. The number of pyridine rings is 1. The number of hydrogen-bond donors (Lipinski definition) is 0. The van der Waals surface area contributed by atoms with Crippen molar-refractivity contribution in [2.45, 2.75) is 6.54 Å². The molecule has 2 aromatic heterocycles. The van der Waals surface area contributed by atoms with Crippen LogP contribution in [0.25, 0.3) is 10.2 Å². The van der Waals surface area contributed by atoms with Gasteiger partial charge < -0.3 is 0 Å². The quantitative estimate of drug-likeness (QED) is 0.488. The van der Waals surface area contributed by atoms with Crippen LogP contribution >= 0.6 is 11.3 Å². The summed E-state index contributed by atoms with van der Waals surface area (Å²) < 4.78 is 41.5. The minimum absolute atomic E-state index is 0.0418. The minimum atomic E-state index is -1.13. The highest BCUT2D eigenvalue weighted by atomic mass is 32.1. The SMILES string of the molecule is O=C(c1ccc(F)c(F)c1)N(Cc1ccccn1)c1nc2c(F)cccc2s1. The highest BCUT2D eigenvalue weighted by molar-refractivity contribution is 7.22. The Morgan fingerprint density at radius 3 is 2.54 bits per heavy atom. The van der Waals surface area contributed by atoms with E-state index in [2.05, 4.69) is 9.97 Å². The highest BCUT2D eigenvalue weighted by Gasteiger charge is 2.23. The largest absolute Gasteiger partial charge is 0.278 e. The monoisotopic (exact) mass is 399 g/mol. The molecule has 0 atom stereocenters. The van der Waals surface area contributed by atoms with Gasteiger partial charge in [-0.1, -0.05) is 23.5 Å². The van der Waals surface area contributed by atoms with E-state index in [0.29, 0.717) is 10.4 Å². The summed E-state index contributed by atoms with van der Waals surface area (Å²) in [6.07, 6.45) is 1.58. The average molecular weight is 399 g/mol. The maximum Gasteiger partial charge on any atom is 0.260 e. The lowest BCUT2D eigenvalue weighted by Crippen LogP contribution is -2.30. The van der Waals surface area contributed by atoms with Gasteiger partial charge in [0.1, 0.15) is 11.3 Å². The Morgan fingerprint density at radius 2 is 1.82 bits per heavy atom. The molecule has 8 heteroatoms. The van der Waals surface area contributed by atoms with Gasteiger partial charge in [0, 0.05) is 11.8 Å². The fourth-order valence-corrected chi connectivity index (χ4v) is 3.66. The first kappa shape index (κ1) is 18.1. The molecule has 1 amide bonds. The number of anilines is 1. The van der Waals surface area contributed by atoms with E-state index >= 15 is 0 Å². The van der Waals surface area contributed by atoms with Gasteiger partial charge >= 0.3 is 0 Å². The molecule has 2 heterocycles. The van der Waals surface area contributed by atoms with Crippen molar-refractivity contribution >= 4 is 32.6 Å². The number of amides is 1. The molecule has 2 aromatic carbocycles. The topological polar surface area (TPSA) is 46.1 Å². The lowest BCUT2D eigenvalue weighted by atomic mass is 10.2. The van der Waals surface area contributed by atoms with E-state index in [0.717, 1.165) is 23.5 Å². The van der Waals surface area contributed by atoms with Crippen molar-refractivity contribution in [3.63, 3.8) is 0 Å². The third-order valence-electron chi connectivity index (χ3n) is 4.05. The van der Waals surface area contributed by atoms with Crippen LogP contribution < -0.4 is 4.90 Å². The van der Waals surface area contributed by atoms with Crippen molar-refractivity contribution in [1.29, 1.82) is 0 Å². The zero-order valence-electron chi connectivity index (χ0n) is 14.3. The molecule has 0 aliphatic carbocycles. The average Bonchev–Trinajstić information content (AvgIpc) is 3.14. The second kappa shape index (κ2) is 7.40. The summed E-state index contributed by atoms with van der Waals surface area (Å²) in [5.74, 6) is -3.27. The summed E-state index contributed by atoms with van der Waals surface area (Å²) in [6, 6.07) is 12.7. The molecule has 0 N–H and O–H groups in total. The Labute approximate surface area is 161 Å². The molecule has 0 aliphatic heterocycles. The van der Waals surface area contributed by atoms with Gasteiger partial charge in [-0.3, -0.25) is 14.7 Å². The molecule has 0 saturated carbocycles. The number of hydrogen-bond acceptors (Lipinski definition) is 4. The molecule has 4 nitrogen and oxygen atoms in total. The number of aromatic nitrogens is 2. The molecule has 0 saturated heterocycles. The van der Waals surface area contributed by atoms with Gasteiger partial charge in [0.25, 0.3) is 5.91 Å². The first-order valence-corrected chi connectivity index (χ1v) is 9.06. The van der Waals surface area contributed by atoms with Crippen LogP contribution in [-0.4, -0.2) is 15.9 Å². The van der Waals surface area contributed by atoms with Gasteiger partial charge in [-0.25, -0.2) is 18.2 Å². The smallest absolute Gasteiger partial charge is 0.260 e. The van der Waals surface area contributed by atoms with E-state index in [4.69, 9.17) is 0 Å². The molecule has 140 valence electrons. The van der Waals surface area contributed by atoms with Crippen molar-refractivity contribution in [3.8, 4) is 0 Å².